The molecule has 0 aromatic heterocycles. The Morgan fingerprint density at radius 1 is 1.47 bits per heavy atom. The fourth-order valence-electron chi connectivity index (χ4n) is 2.35. The highest BCUT2D eigenvalue weighted by Crippen LogP contribution is 2.31. The van der Waals surface area contributed by atoms with E-state index in [4.69, 9.17) is 5.73 Å². The van der Waals surface area contributed by atoms with Crippen LogP contribution in [0, 0.1) is 5.82 Å². The molecule has 0 atom stereocenters. The molecule has 1 heterocycles. The number of nitrogens with zero attached hydrogens (tertiary/aromatic N) is 1. The monoisotopic (exact) mass is 236 g/mol. The van der Waals surface area contributed by atoms with Gasteiger partial charge in [0.2, 0.25) is 0 Å². The summed E-state index contributed by atoms with van der Waals surface area (Å²) in [5.74, 6) is -0.711. The van der Waals surface area contributed by atoms with Gasteiger partial charge < -0.3 is 10.6 Å². The second-order valence-electron chi connectivity index (χ2n) is 5.07. The van der Waals surface area contributed by atoms with E-state index in [0.717, 1.165) is 12.8 Å². The number of nitrogens with two attached hydrogens (primary N) is 1. The van der Waals surface area contributed by atoms with Crippen molar-refractivity contribution in [1.82, 2.24) is 4.90 Å². The number of para-hydroxylation sites is 1. The highest BCUT2D eigenvalue weighted by molar-refractivity contribution is 5.99. The number of hydrogen-bond acceptors (Lipinski definition) is 2. The molecule has 92 valence electrons. The number of halogens is 1. The van der Waals surface area contributed by atoms with Crippen molar-refractivity contribution >= 4 is 11.6 Å². The quantitative estimate of drug-likeness (QED) is 0.761. The summed E-state index contributed by atoms with van der Waals surface area (Å²) in [5.41, 5.74) is 5.65. The summed E-state index contributed by atoms with van der Waals surface area (Å²) in [6.45, 7) is 4.75. The van der Waals surface area contributed by atoms with Crippen LogP contribution < -0.4 is 5.73 Å². The maximum atomic E-state index is 13.3. The van der Waals surface area contributed by atoms with E-state index in [0.29, 0.717) is 6.54 Å². The smallest absolute Gasteiger partial charge is 0.256 e. The van der Waals surface area contributed by atoms with Crippen molar-refractivity contribution in [2.75, 3.05) is 12.3 Å². The van der Waals surface area contributed by atoms with Crippen LogP contribution in [0.5, 0.6) is 0 Å². The molecule has 0 aliphatic carbocycles. The van der Waals surface area contributed by atoms with Gasteiger partial charge in [-0.2, -0.15) is 0 Å². The molecule has 1 fully saturated rings. The van der Waals surface area contributed by atoms with Gasteiger partial charge in [0.05, 0.1) is 11.3 Å². The zero-order valence-electron chi connectivity index (χ0n) is 10.2. The molecule has 1 aromatic carbocycles. The van der Waals surface area contributed by atoms with Gasteiger partial charge in [-0.3, -0.25) is 4.79 Å². The van der Waals surface area contributed by atoms with Gasteiger partial charge in [0.1, 0.15) is 5.82 Å². The Bertz CT molecular complexity index is 457. The molecular weight excluding hydrogens is 219 g/mol. The maximum absolute atomic E-state index is 13.3. The molecule has 0 radical (unpaired) electrons. The van der Waals surface area contributed by atoms with Crippen LogP contribution in [0.25, 0.3) is 0 Å². The first-order valence-corrected chi connectivity index (χ1v) is 5.79. The largest absolute Gasteiger partial charge is 0.396 e. The van der Waals surface area contributed by atoms with E-state index >= 15 is 0 Å². The van der Waals surface area contributed by atoms with Crippen molar-refractivity contribution in [3.63, 3.8) is 0 Å². The Morgan fingerprint density at radius 3 is 2.76 bits per heavy atom. The van der Waals surface area contributed by atoms with Gasteiger partial charge in [0.15, 0.2) is 0 Å². The van der Waals surface area contributed by atoms with Crippen LogP contribution in [0.15, 0.2) is 18.2 Å². The van der Waals surface area contributed by atoms with Gasteiger partial charge in [0, 0.05) is 12.1 Å². The lowest BCUT2D eigenvalue weighted by atomic mass is 10.0. The summed E-state index contributed by atoms with van der Waals surface area (Å²) in [7, 11) is 0. The van der Waals surface area contributed by atoms with E-state index in [1.807, 2.05) is 13.8 Å². The van der Waals surface area contributed by atoms with Crippen LogP contribution in [-0.4, -0.2) is 22.9 Å². The molecule has 2 rings (SSSR count). The van der Waals surface area contributed by atoms with E-state index in [9.17, 15) is 9.18 Å². The number of anilines is 1. The molecule has 1 saturated heterocycles. The Morgan fingerprint density at radius 2 is 2.18 bits per heavy atom. The van der Waals surface area contributed by atoms with Crippen LogP contribution in [0.3, 0.4) is 0 Å². The zero-order chi connectivity index (χ0) is 12.6. The van der Waals surface area contributed by atoms with E-state index in [1.165, 1.54) is 12.1 Å². The molecule has 0 saturated carbocycles. The van der Waals surface area contributed by atoms with E-state index < -0.39 is 5.82 Å². The Labute approximate surface area is 100 Å². The van der Waals surface area contributed by atoms with E-state index in [1.54, 1.807) is 11.0 Å². The topological polar surface area (TPSA) is 46.3 Å². The number of nitrogen functional groups attached to an aromatic ring is 1. The molecule has 0 unspecified atom stereocenters. The van der Waals surface area contributed by atoms with Crippen LogP contribution in [0.2, 0.25) is 0 Å². The van der Waals surface area contributed by atoms with Crippen LogP contribution in [-0.2, 0) is 0 Å². The molecule has 2 N–H and O–H groups in total. The van der Waals surface area contributed by atoms with Crippen LogP contribution in [0.1, 0.15) is 37.0 Å². The number of rotatable bonds is 1. The molecule has 4 heteroatoms. The van der Waals surface area contributed by atoms with Gasteiger partial charge in [0.25, 0.3) is 5.91 Å². The summed E-state index contributed by atoms with van der Waals surface area (Å²) in [4.78, 5) is 14.1. The first-order chi connectivity index (χ1) is 7.93. The molecule has 1 aliphatic rings. The number of carbonyl (C=O) groups excluding carboxylic acids is 1. The summed E-state index contributed by atoms with van der Waals surface area (Å²) in [6, 6.07) is 4.36. The average Bonchev–Trinajstić information content (AvgIpc) is 2.61. The van der Waals surface area contributed by atoms with Crippen molar-refractivity contribution < 1.29 is 9.18 Å². The number of likely N-dealkylation sites (tertiary alicyclic amines) is 1. The number of benzene rings is 1. The van der Waals surface area contributed by atoms with E-state index in [-0.39, 0.29) is 22.7 Å². The normalized spacial score (nSPS) is 18.4. The van der Waals surface area contributed by atoms with Crippen LogP contribution in [0.4, 0.5) is 10.1 Å². The van der Waals surface area contributed by atoms with Crippen molar-refractivity contribution in [2.45, 2.75) is 32.2 Å². The van der Waals surface area contributed by atoms with Crippen LogP contribution >= 0.6 is 0 Å². The highest BCUT2D eigenvalue weighted by atomic mass is 19.1. The Balaban J connectivity index is 2.35. The third-order valence-electron chi connectivity index (χ3n) is 3.43. The predicted molar refractivity (Wildman–Crippen MR) is 65.2 cm³/mol. The molecule has 1 aromatic rings. The van der Waals surface area contributed by atoms with Crippen molar-refractivity contribution in [2.24, 2.45) is 0 Å². The Kier molecular flexibility index (Phi) is 2.81. The predicted octanol–water partition coefficient (Wildman–Crippen LogP) is 2.42. The third kappa shape index (κ3) is 1.99. The van der Waals surface area contributed by atoms with E-state index in [2.05, 4.69) is 0 Å². The Hall–Kier alpha value is -1.58. The molecule has 1 aliphatic heterocycles. The second-order valence-corrected chi connectivity index (χ2v) is 5.07. The van der Waals surface area contributed by atoms with Crippen molar-refractivity contribution in [1.29, 1.82) is 0 Å². The molecular formula is C13H17FN2O. The fraction of sp³-hybridized carbons (Fsp3) is 0.462. The molecule has 0 spiro atoms. The lowest BCUT2D eigenvalue weighted by Crippen LogP contribution is -2.42. The lowest BCUT2D eigenvalue weighted by molar-refractivity contribution is 0.0652. The fourth-order valence-corrected chi connectivity index (χ4v) is 2.35. The lowest BCUT2D eigenvalue weighted by Gasteiger charge is -2.32. The number of carbonyl (C=O) groups is 1. The SMILES string of the molecule is CC1(C)CCCN1C(=O)c1cccc(F)c1N. The minimum Gasteiger partial charge on any atom is -0.396 e. The van der Waals surface area contributed by atoms with Gasteiger partial charge in [-0.1, -0.05) is 6.07 Å². The minimum atomic E-state index is -0.534. The zero-order valence-corrected chi connectivity index (χ0v) is 10.2. The molecule has 17 heavy (non-hydrogen) atoms. The van der Waals surface area contributed by atoms with Crippen molar-refractivity contribution in [3.8, 4) is 0 Å². The first-order valence-electron chi connectivity index (χ1n) is 5.79. The van der Waals surface area contributed by atoms with Gasteiger partial charge >= 0.3 is 0 Å². The minimum absolute atomic E-state index is 0.0554. The van der Waals surface area contributed by atoms with Gasteiger partial charge in [-0.05, 0) is 38.8 Å². The summed E-state index contributed by atoms with van der Waals surface area (Å²) < 4.78 is 13.3. The first kappa shape index (κ1) is 11.9. The molecule has 3 nitrogen and oxygen atoms in total. The summed E-state index contributed by atoms with van der Waals surface area (Å²) in [6.07, 6.45) is 1.95. The summed E-state index contributed by atoms with van der Waals surface area (Å²) >= 11 is 0. The molecule has 1 amide bonds. The second kappa shape index (κ2) is 4.02. The highest BCUT2D eigenvalue weighted by Gasteiger charge is 2.36. The number of hydrogen-bond donors (Lipinski definition) is 1. The third-order valence-corrected chi connectivity index (χ3v) is 3.43. The van der Waals surface area contributed by atoms with Gasteiger partial charge in [-0.15, -0.1) is 0 Å². The average molecular weight is 236 g/mol. The molecule has 0 bridgehead atoms. The number of amides is 1. The van der Waals surface area contributed by atoms with Gasteiger partial charge in [-0.25, -0.2) is 4.39 Å². The summed E-state index contributed by atoms with van der Waals surface area (Å²) in [5, 5.41) is 0. The standard InChI is InChI=1S/C13H17FN2O/c1-13(2)7-4-8-16(13)12(17)9-5-3-6-10(14)11(9)15/h3,5-6H,4,7-8,15H2,1-2H3. The maximum Gasteiger partial charge on any atom is 0.256 e. The van der Waals surface area contributed by atoms with Crippen molar-refractivity contribution in [3.05, 3.63) is 29.6 Å².